The molecule has 0 fully saturated rings. The molecule has 1 amide bonds. The van der Waals surface area contributed by atoms with Gasteiger partial charge in [0.05, 0.1) is 13.0 Å². The van der Waals surface area contributed by atoms with Gasteiger partial charge in [0.15, 0.2) is 0 Å². The van der Waals surface area contributed by atoms with Crippen molar-refractivity contribution in [1.29, 1.82) is 0 Å². The Labute approximate surface area is 97.7 Å². The molecule has 0 aliphatic carbocycles. The van der Waals surface area contributed by atoms with Gasteiger partial charge in [0, 0.05) is 13.6 Å². The van der Waals surface area contributed by atoms with E-state index in [9.17, 15) is 9.59 Å². The summed E-state index contributed by atoms with van der Waals surface area (Å²) in [5.74, 6) is -1.36. The number of rotatable bonds is 4. The van der Waals surface area contributed by atoms with Gasteiger partial charge < -0.3 is 15.4 Å². The maximum atomic E-state index is 11.8. The predicted octanol–water partition coefficient (Wildman–Crippen LogP) is -0.467. The van der Waals surface area contributed by atoms with Crippen LogP contribution in [0, 0.1) is 5.92 Å². The second kappa shape index (κ2) is 5.28. The third-order valence-electron chi connectivity index (χ3n) is 2.21. The second-order valence-corrected chi connectivity index (χ2v) is 3.61. The summed E-state index contributed by atoms with van der Waals surface area (Å²) in [4.78, 5) is 24.3. The lowest BCUT2D eigenvalue weighted by atomic mass is 10.1. The minimum Gasteiger partial charge on any atom is -0.469 e. The van der Waals surface area contributed by atoms with Gasteiger partial charge in [-0.25, -0.2) is 4.63 Å². The highest BCUT2D eigenvalue weighted by molar-refractivity contribution is 5.96. The van der Waals surface area contributed by atoms with E-state index in [0.29, 0.717) is 0 Å². The summed E-state index contributed by atoms with van der Waals surface area (Å²) >= 11 is 0. The molecule has 8 nitrogen and oxygen atoms in total. The summed E-state index contributed by atoms with van der Waals surface area (Å²) in [7, 11) is 2.82. The van der Waals surface area contributed by atoms with Crippen molar-refractivity contribution >= 4 is 17.7 Å². The minimum atomic E-state index is -0.459. The van der Waals surface area contributed by atoms with Crippen LogP contribution in [0.3, 0.4) is 0 Å². The molecule has 0 saturated heterocycles. The van der Waals surface area contributed by atoms with Crippen LogP contribution in [0.1, 0.15) is 17.4 Å². The summed E-state index contributed by atoms with van der Waals surface area (Å²) in [6, 6.07) is 0. The van der Waals surface area contributed by atoms with Gasteiger partial charge in [0.2, 0.25) is 11.5 Å². The summed E-state index contributed by atoms with van der Waals surface area (Å²) in [6.07, 6.45) is 0. The number of carbonyl (C=O) groups is 2. The molecule has 1 heterocycles. The number of aromatic nitrogens is 2. The van der Waals surface area contributed by atoms with Crippen LogP contribution in [0.4, 0.5) is 5.82 Å². The van der Waals surface area contributed by atoms with E-state index in [0.717, 1.165) is 0 Å². The fourth-order valence-electron chi connectivity index (χ4n) is 1.29. The van der Waals surface area contributed by atoms with Gasteiger partial charge in [-0.05, 0) is 10.3 Å². The number of amides is 1. The molecule has 1 rings (SSSR count). The highest BCUT2D eigenvalue weighted by atomic mass is 16.6. The van der Waals surface area contributed by atoms with E-state index in [1.54, 1.807) is 6.92 Å². The topological polar surface area (TPSA) is 112 Å². The number of nitrogens with zero attached hydrogens (tertiary/aromatic N) is 3. The van der Waals surface area contributed by atoms with Crippen LogP contribution in [-0.4, -0.2) is 47.8 Å². The van der Waals surface area contributed by atoms with Crippen molar-refractivity contribution in [3.05, 3.63) is 5.69 Å². The summed E-state index contributed by atoms with van der Waals surface area (Å²) in [6.45, 7) is 1.85. The van der Waals surface area contributed by atoms with Crippen LogP contribution in [0.15, 0.2) is 4.63 Å². The molecule has 2 N–H and O–H groups in total. The van der Waals surface area contributed by atoms with E-state index < -0.39 is 17.8 Å². The number of carbonyl (C=O) groups excluding carboxylic acids is 2. The Morgan fingerprint density at radius 2 is 2.18 bits per heavy atom. The van der Waals surface area contributed by atoms with Gasteiger partial charge in [0.25, 0.3) is 5.91 Å². The van der Waals surface area contributed by atoms with Crippen LogP contribution < -0.4 is 5.73 Å². The molecule has 1 aromatic rings. The standard InChI is InChI=1S/C9H14N4O4/c1-5(9(15)16-3)4-13(2)8(14)6-7(10)12-17-11-6/h5H,4H2,1-3H3,(H2,10,12). The molecule has 0 bridgehead atoms. The molecular formula is C9H14N4O4. The van der Waals surface area contributed by atoms with Crippen molar-refractivity contribution in [2.24, 2.45) is 5.92 Å². The van der Waals surface area contributed by atoms with E-state index in [1.165, 1.54) is 19.1 Å². The van der Waals surface area contributed by atoms with E-state index in [-0.39, 0.29) is 18.1 Å². The number of esters is 1. The largest absolute Gasteiger partial charge is 0.469 e. The quantitative estimate of drug-likeness (QED) is 0.710. The fourth-order valence-corrected chi connectivity index (χ4v) is 1.29. The smallest absolute Gasteiger partial charge is 0.310 e. The Morgan fingerprint density at radius 1 is 1.53 bits per heavy atom. The van der Waals surface area contributed by atoms with Gasteiger partial charge in [-0.15, -0.1) is 0 Å². The number of hydrogen-bond donors (Lipinski definition) is 1. The first kappa shape index (κ1) is 12.9. The first-order valence-electron chi connectivity index (χ1n) is 4.88. The lowest BCUT2D eigenvalue weighted by Crippen LogP contribution is -2.34. The Hall–Kier alpha value is -2.12. The molecule has 0 aliphatic rings. The number of nitrogens with two attached hydrogens (primary N) is 1. The van der Waals surface area contributed by atoms with Crippen molar-refractivity contribution in [1.82, 2.24) is 15.2 Å². The maximum absolute atomic E-state index is 11.8. The number of hydrogen-bond acceptors (Lipinski definition) is 7. The van der Waals surface area contributed by atoms with Crippen molar-refractivity contribution in [3.63, 3.8) is 0 Å². The lowest BCUT2D eigenvalue weighted by Gasteiger charge is -2.18. The van der Waals surface area contributed by atoms with Crippen LogP contribution in [0.5, 0.6) is 0 Å². The summed E-state index contributed by atoms with van der Waals surface area (Å²) in [5.41, 5.74) is 5.32. The Balaban J connectivity index is 2.65. The third-order valence-corrected chi connectivity index (χ3v) is 2.21. The third kappa shape index (κ3) is 2.92. The monoisotopic (exact) mass is 242 g/mol. The Bertz CT molecular complexity index is 417. The average Bonchev–Trinajstić information content (AvgIpc) is 2.73. The molecular weight excluding hydrogens is 228 g/mol. The lowest BCUT2D eigenvalue weighted by molar-refractivity contribution is -0.145. The predicted molar refractivity (Wildman–Crippen MR) is 56.9 cm³/mol. The van der Waals surface area contributed by atoms with Crippen molar-refractivity contribution < 1.29 is 19.0 Å². The Morgan fingerprint density at radius 3 is 2.65 bits per heavy atom. The zero-order valence-electron chi connectivity index (χ0n) is 9.84. The number of methoxy groups -OCH3 is 1. The molecule has 0 aromatic carbocycles. The van der Waals surface area contributed by atoms with E-state index in [2.05, 4.69) is 19.7 Å². The molecule has 1 unspecified atom stereocenters. The highest BCUT2D eigenvalue weighted by Crippen LogP contribution is 2.09. The van der Waals surface area contributed by atoms with E-state index in [1.807, 2.05) is 0 Å². The molecule has 0 radical (unpaired) electrons. The molecule has 8 heteroatoms. The van der Waals surface area contributed by atoms with Crippen molar-refractivity contribution in [3.8, 4) is 0 Å². The van der Waals surface area contributed by atoms with Crippen LogP contribution in [-0.2, 0) is 9.53 Å². The van der Waals surface area contributed by atoms with Gasteiger partial charge in [0.1, 0.15) is 0 Å². The zero-order chi connectivity index (χ0) is 13.0. The summed E-state index contributed by atoms with van der Waals surface area (Å²) in [5, 5.41) is 6.69. The van der Waals surface area contributed by atoms with E-state index in [4.69, 9.17) is 5.73 Å². The van der Waals surface area contributed by atoms with E-state index >= 15 is 0 Å². The molecule has 0 spiro atoms. The van der Waals surface area contributed by atoms with Gasteiger partial charge in [-0.2, -0.15) is 0 Å². The highest BCUT2D eigenvalue weighted by Gasteiger charge is 2.23. The van der Waals surface area contributed by atoms with Crippen LogP contribution in [0.2, 0.25) is 0 Å². The zero-order valence-corrected chi connectivity index (χ0v) is 9.84. The van der Waals surface area contributed by atoms with Crippen molar-refractivity contribution in [2.75, 3.05) is 26.4 Å². The van der Waals surface area contributed by atoms with Crippen LogP contribution in [0.25, 0.3) is 0 Å². The second-order valence-electron chi connectivity index (χ2n) is 3.61. The van der Waals surface area contributed by atoms with Gasteiger partial charge in [-0.3, -0.25) is 9.59 Å². The molecule has 94 valence electrons. The number of anilines is 1. The molecule has 17 heavy (non-hydrogen) atoms. The minimum absolute atomic E-state index is 0.0652. The first-order valence-corrected chi connectivity index (χ1v) is 4.88. The van der Waals surface area contributed by atoms with Crippen LogP contribution >= 0.6 is 0 Å². The SMILES string of the molecule is COC(=O)C(C)CN(C)C(=O)c1nonc1N. The molecule has 1 atom stereocenters. The number of ether oxygens (including phenoxy) is 1. The molecule has 0 saturated carbocycles. The van der Waals surface area contributed by atoms with Gasteiger partial charge in [-0.1, -0.05) is 6.92 Å². The van der Waals surface area contributed by atoms with Gasteiger partial charge >= 0.3 is 5.97 Å². The fraction of sp³-hybridized carbons (Fsp3) is 0.556. The summed E-state index contributed by atoms with van der Waals surface area (Å²) < 4.78 is 8.89. The molecule has 0 aliphatic heterocycles. The Kier molecular flexibility index (Phi) is 4.02. The number of nitrogen functional groups attached to an aromatic ring is 1. The normalized spacial score (nSPS) is 11.9. The van der Waals surface area contributed by atoms with Crippen molar-refractivity contribution in [2.45, 2.75) is 6.92 Å². The average molecular weight is 242 g/mol. The first-order chi connectivity index (χ1) is 7.97. The molecule has 1 aromatic heterocycles. The maximum Gasteiger partial charge on any atom is 0.310 e.